The van der Waals surface area contributed by atoms with Gasteiger partial charge in [0, 0.05) is 0 Å². The third-order valence-corrected chi connectivity index (χ3v) is 2.57. The summed E-state index contributed by atoms with van der Waals surface area (Å²) in [6.07, 6.45) is 0. The molecule has 0 aliphatic carbocycles. The first-order valence-corrected chi connectivity index (χ1v) is 3.95. The quantitative estimate of drug-likeness (QED) is 0.499. The van der Waals surface area contributed by atoms with Crippen LogP contribution in [0.25, 0.3) is 0 Å². The Kier molecular flexibility index (Phi) is 4.83. The number of hydrogen-bond acceptors (Lipinski definition) is 3. The maximum atomic E-state index is 5.02. The second kappa shape index (κ2) is 4.49. The van der Waals surface area contributed by atoms with Gasteiger partial charge in [0.15, 0.2) is 0 Å². The van der Waals surface area contributed by atoms with Gasteiger partial charge in [-0.2, -0.15) is 0 Å². The summed E-state index contributed by atoms with van der Waals surface area (Å²) in [6.45, 7) is 0.484. The van der Waals surface area contributed by atoms with E-state index in [4.69, 9.17) is 14.2 Å². The van der Waals surface area contributed by atoms with Crippen LogP contribution in [0.2, 0.25) is 0 Å². The second-order valence-electron chi connectivity index (χ2n) is 1.59. The molecule has 0 heterocycles. The van der Waals surface area contributed by atoms with Crippen molar-refractivity contribution >= 4 is 22.5 Å². The van der Waals surface area contributed by atoms with Gasteiger partial charge in [-0.3, -0.25) is 0 Å². The van der Waals surface area contributed by atoms with Crippen molar-refractivity contribution in [1.29, 1.82) is 0 Å². The van der Waals surface area contributed by atoms with Crippen LogP contribution >= 0.6 is 0 Å². The molecule has 3 nitrogen and oxygen atoms in total. The van der Waals surface area contributed by atoms with E-state index in [0.29, 0.717) is 6.61 Å². The normalized spacial score (nSPS) is 12.0. The summed E-state index contributed by atoms with van der Waals surface area (Å²) in [7, 11) is 4.84. The zero-order valence-corrected chi connectivity index (χ0v) is 8.79. The Morgan fingerprint density at radius 1 is 1.22 bits per heavy atom. The van der Waals surface area contributed by atoms with E-state index in [1.807, 2.05) is 0 Å². The molecule has 9 heavy (non-hydrogen) atoms. The van der Waals surface area contributed by atoms with E-state index >= 15 is 0 Å². The van der Waals surface area contributed by atoms with Crippen molar-refractivity contribution in [3.63, 3.8) is 0 Å². The third kappa shape index (κ3) is 3.39. The molecule has 53 valence electrons. The van der Waals surface area contributed by atoms with Crippen molar-refractivity contribution in [3.8, 4) is 0 Å². The van der Waals surface area contributed by atoms with Crippen molar-refractivity contribution < 1.29 is 14.2 Å². The standard InChI is InChI=1S/C5H11O3.Sn/c1-6-4-5(7-2)8-3;/h4H2,1-3H3;. The van der Waals surface area contributed by atoms with Crippen LogP contribution in [0.1, 0.15) is 0 Å². The van der Waals surface area contributed by atoms with E-state index in [1.165, 1.54) is 0 Å². The van der Waals surface area contributed by atoms with E-state index in [-0.39, 0.29) is 0 Å². The van der Waals surface area contributed by atoms with Crippen LogP contribution in [-0.4, -0.2) is 54.3 Å². The Morgan fingerprint density at radius 2 is 1.67 bits per heavy atom. The Labute approximate surface area is 68.7 Å². The molecule has 4 heteroatoms. The van der Waals surface area contributed by atoms with Gasteiger partial charge in [-0.15, -0.1) is 0 Å². The van der Waals surface area contributed by atoms with Gasteiger partial charge in [-0.1, -0.05) is 0 Å². The fourth-order valence-corrected chi connectivity index (χ4v) is 0.803. The van der Waals surface area contributed by atoms with Crippen LogP contribution in [0, 0.1) is 0 Å². The van der Waals surface area contributed by atoms with Gasteiger partial charge in [0.05, 0.1) is 0 Å². The molecule has 0 unspecified atom stereocenters. The van der Waals surface area contributed by atoms with Crippen LogP contribution < -0.4 is 0 Å². The third-order valence-electron chi connectivity index (χ3n) is 0.994. The van der Waals surface area contributed by atoms with Gasteiger partial charge in [0.2, 0.25) is 0 Å². The van der Waals surface area contributed by atoms with Gasteiger partial charge < -0.3 is 0 Å². The summed E-state index contributed by atoms with van der Waals surface area (Å²) in [4.78, 5) is 0. The molecular formula is C5H11O3Sn. The van der Waals surface area contributed by atoms with Crippen molar-refractivity contribution in [2.75, 3.05) is 27.9 Å². The fourth-order valence-electron chi connectivity index (χ4n) is 0.391. The molecule has 0 fully saturated rings. The van der Waals surface area contributed by atoms with Crippen LogP contribution in [-0.2, 0) is 14.2 Å². The average molecular weight is 238 g/mol. The molecule has 0 saturated heterocycles. The number of ether oxygens (including phenoxy) is 3. The Morgan fingerprint density at radius 3 is 1.78 bits per heavy atom. The van der Waals surface area contributed by atoms with Gasteiger partial charge in [-0.25, -0.2) is 0 Å². The molecule has 0 aliphatic heterocycles. The van der Waals surface area contributed by atoms with Gasteiger partial charge in [-0.05, 0) is 0 Å². The minimum absolute atomic E-state index is 0.484. The SMILES string of the molecule is COC[C]([Sn])(OC)OC. The summed E-state index contributed by atoms with van der Waals surface area (Å²) in [5.74, 6) is 0. The summed E-state index contributed by atoms with van der Waals surface area (Å²) >= 11 is 1.16. The topological polar surface area (TPSA) is 27.7 Å². The minimum atomic E-state index is -0.499. The van der Waals surface area contributed by atoms with Gasteiger partial charge >= 0.3 is 68.5 Å². The Bertz CT molecular complexity index is 72.6. The molecule has 0 spiro atoms. The zero-order valence-electron chi connectivity index (χ0n) is 5.93. The van der Waals surface area contributed by atoms with E-state index in [9.17, 15) is 0 Å². The molecule has 0 amide bonds. The summed E-state index contributed by atoms with van der Waals surface area (Å²) in [6, 6.07) is 0. The summed E-state index contributed by atoms with van der Waals surface area (Å²) < 4.78 is 14.4. The van der Waals surface area contributed by atoms with Crippen LogP contribution in [0.4, 0.5) is 0 Å². The Balaban J connectivity index is 3.62. The number of methoxy groups -OCH3 is 3. The predicted octanol–water partition coefficient (Wildman–Crippen LogP) is -0.252. The molecule has 0 aliphatic rings. The molecule has 0 bridgehead atoms. The number of hydrogen-bond donors (Lipinski definition) is 0. The van der Waals surface area contributed by atoms with Crippen molar-refractivity contribution in [3.05, 3.63) is 0 Å². The molecule has 0 rings (SSSR count). The Hall–Kier alpha value is 0.679. The van der Waals surface area contributed by atoms with E-state index in [0.717, 1.165) is 22.5 Å². The van der Waals surface area contributed by atoms with E-state index in [1.54, 1.807) is 21.3 Å². The first kappa shape index (κ1) is 9.68. The maximum absolute atomic E-state index is 5.02. The van der Waals surface area contributed by atoms with Gasteiger partial charge in [0.25, 0.3) is 0 Å². The van der Waals surface area contributed by atoms with Crippen LogP contribution in [0.5, 0.6) is 0 Å². The first-order chi connectivity index (χ1) is 4.18. The first-order valence-electron chi connectivity index (χ1n) is 2.53. The van der Waals surface area contributed by atoms with Crippen LogP contribution in [0.3, 0.4) is 0 Å². The molecular weight excluding hydrogens is 227 g/mol. The predicted molar refractivity (Wildman–Crippen MR) is 34.4 cm³/mol. The van der Waals surface area contributed by atoms with E-state index < -0.39 is 3.80 Å². The fraction of sp³-hybridized carbons (Fsp3) is 1.00. The molecule has 0 aromatic heterocycles. The van der Waals surface area contributed by atoms with Crippen molar-refractivity contribution in [2.24, 2.45) is 0 Å². The average Bonchev–Trinajstić information content (AvgIpc) is 1.89. The molecule has 0 aromatic carbocycles. The number of rotatable bonds is 4. The molecule has 0 saturated carbocycles. The second-order valence-corrected chi connectivity index (χ2v) is 3.77. The molecule has 0 atom stereocenters. The summed E-state index contributed by atoms with van der Waals surface area (Å²) in [5, 5.41) is 0. The summed E-state index contributed by atoms with van der Waals surface area (Å²) in [5.41, 5.74) is 0. The zero-order chi connectivity index (χ0) is 7.33. The van der Waals surface area contributed by atoms with Crippen molar-refractivity contribution in [1.82, 2.24) is 0 Å². The van der Waals surface area contributed by atoms with Crippen LogP contribution in [0.15, 0.2) is 0 Å². The molecule has 0 N–H and O–H groups in total. The molecule has 3 radical (unpaired) electrons. The van der Waals surface area contributed by atoms with E-state index in [2.05, 4.69) is 0 Å². The van der Waals surface area contributed by atoms with Crippen molar-refractivity contribution in [2.45, 2.75) is 3.80 Å². The molecule has 0 aromatic rings. The monoisotopic (exact) mass is 239 g/mol. The van der Waals surface area contributed by atoms with Gasteiger partial charge in [0.1, 0.15) is 0 Å².